The van der Waals surface area contributed by atoms with E-state index in [1.165, 1.54) is 0 Å². The molecule has 30 heavy (non-hydrogen) atoms. The molecule has 1 saturated carbocycles. The molecule has 2 aliphatic rings. The topological polar surface area (TPSA) is 98.1 Å². The lowest BCUT2D eigenvalue weighted by molar-refractivity contribution is -0.124. The van der Waals surface area contributed by atoms with E-state index in [0.717, 1.165) is 49.0 Å². The molecule has 0 spiro atoms. The van der Waals surface area contributed by atoms with E-state index in [1.54, 1.807) is 11.8 Å². The van der Waals surface area contributed by atoms with E-state index in [-0.39, 0.29) is 24.6 Å². The number of nitrogens with one attached hydrogen (secondary N) is 1. The van der Waals surface area contributed by atoms with Gasteiger partial charge in [0.15, 0.2) is 0 Å². The number of hydrogen-bond acceptors (Lipinski definition) is 7. The minimum Gasteiger partial charge on any atom is -0.379 e. The molecule has 2 fully saturated rings. The molecule has 1 saturated heterocycles. The van der Waals surface area contributed by atoms with Crippen LogP contribution in [0.4, 0.5) is 5.82 Å². The van der Waals surface area contributed by atoms with Gasteiger partial charge in [-0.1, -0.05) is 0 Å². The van der Waals surface area contributed by atoms with Crippen molar-refractivity contribution >= 4 is 11.7 Å². The number of ether oxygens (including phenoxy) is 1. The Bertz CT molecular complexity index is 928. The fourth-order valence-corrected chi connectivity index (χ4v) is 4.92. The average Bonchev–Trinajstić information content (AvgIpc) is 3.24. The van der Waals surface area contributed by atoms with Crippen molar-refractivity contribution in [3.8, 4) is 0 Å². The number of aryl methyl sites for hydroxylation is 4. The normalized spacial score (nSPS) is 26.0. The summed E-state index contributed by atoms with van der Waals surface area (Å²) in [6, 6.07) is -0.00156. The van der Waals surface area contributed by atoms with Crippen LogP contribution in [0.15, 0.2) is 6.20 Å². The van der Waals surface area contributed by atoms with Crippen molar-refractivity contribution in [1.29, 1.82) is 0 Å². The summed E-state index contributed by atoms with van der Waals surface area (Å²) in [4.78, 5) is 28.5. The van der Waals surface area contributed by atoms with Crippen molar-refractivity contribution in [3.63, 3.8) is 0 Å². The van der Waals surface area contributed by atoms with Crippen LogP contribution in [0.5, 0.6) is 0 Å². The van der Waals surface area contributed by atoms with Gasteiger partial charge in [-0.15, -0.1) is 0 Å². The van der Waals surface area contributed by atoms with Gasteiger partial charge in [0.05, 0.1) is 23.5 Å². The zero-order chi connectivity index (χ0) is 21.4. The van der Waals surface area contributed by atoms with Crippen LogP contribution in [0, 0.1) is 39.5 Å². The molecular weight excluding hydrogens is 382 g/mol. The first-order valence-electron chi connectivity index (χ1n) is 10.6. The fraction of sp³-hybridized carbons (Fsp3) is 0.667. The summed E-state index contributed by atoms with van der Waals surface area (Å²) in [5, 5.41) is 7.48. The Hall–Kier alpha value is -2.55. The Kier molecular flexibility index (Phi) is 5.73. The highest BCUT2D eigenvalue weighted by molar-refractivity contribution is 5.76. The summed E-state index contributed by atoms with van der Waals surface area (Å²) < 4.78 is 7.43. The lowest BCUT2D eigenvalue weighted by Crippen LogP contribution is -2.50. The minimum absolute atomic E-state index is 0.00156. The molecule has 9 heteroatoms. The molecule has 1 aliphatic carbocycles. The van der Waals surface area contributed by atoms with E-state index in [9.17, 15) is 4.79 Å². The van der Waals surface area contributed by atoms with E-state index in [1.807, 2.05) is 33.9 Å². The highest BCUT2D eigenvalue weighted by atomic mass is 16.5. The highest BCUT2D eigenvalue weighted by Crippen LogP contribution is 2.39. The van der Waals surface area contributed by atoms with Gasteiger partial charge < -0.3 is 15.0 Å². The number of aromatic nitrogens is 5. The molecule has 1 aliphatic heterocycles. The summed E-state index contributed by atoms with van der Waals surface area (Å²) in [7, 11) is 1.73. The summed E-state index contributed by atoms with van der Waals surface area (Å²) in [6.45, 7) is 9.76. The van der Waals surface area contributed by atoms with Crippen molar-refractivity contribution in [2.45, 2.75) is 59.2 Å². The molecular formula is C21H31N7O2. The first-order chi connectivity index (χ1) is 14.3. The lowest BCUT2D eigenvalue weighted by Gasteiger charge is -2.37. The smallest absolute Gasteiger partial charge is 0.242 e. The zero-order valence-electron chi connectivity index (χ0n) is 18.4. The van der Waals surface area contributed by atoms with E-state index < -0.39 is 0 Å². The predicted octanol–water partition coefficient (Wildman–Crippen LogP) is 1.35. The third kappa shape index (κ3) is 4.16. The maximum atomic E-state index is 12.7. The summed E-state index contributed by atoms with van der Waals surface area (Å²) in [5.41, 5.74) is 1.90. The molecule has 2 aromatic heterocycles. The van der Waals surface area contributed by atoms with Crippen LogP contribution in [0.25, 0.3) is 0 Å². The minimum atomic E-state index is -0.0521. The van der Waals surface area contributed by atoms with E-state index >= 15 is 0 Å². The second-order valence-electron chi connectivity index (χ2n) is 8.63. The van der Waals surface area contributed by atoms with Crippen LogP contribution in [0.2, 0.25) is 0 Å². The Morgan fingerprint density at radius 3 is 2.57 bits per heavy atom. The molecule has 0 aromatic carbocycles. The van der Waals surface area contributed by atoms with Gasteiger partial charge in [0.25, 0.3) is 0 Å². The van der Waals surface area contributed by atoms with Gasteiger partial charge >= 0.3 is 0 Å². The number of methoxy groups -OCH3 is 1. The largest absolute Gasteiger partial charge is 0.379 e. The second-order valence-corrected chi connectivity index (χ2v) is 8.63. The third-order valence-electron chi connectivity index (χ3n) is 6.37. The maximum absolute atomic E-state index is 12.7. The van der Waals surface area contributed by atoms with E-state index in [2.05, 4.69) is 25.3 Å². The van der Waals surface area contributed by atoms with Crippen molar-refractivity contribution < 1.29 is 9.53 Å². The number of carbonyl (C=O) groups is 1. The summed E-state index contributed by atoms with van der Waals surface area (Å²) in [5.74, 6) is 3.38. The monoisotopic (exact) mass is 413 g/mol. The first-order valence-corrected chi connectivity index (χ1v) is 10.6. The highest BCUT2D eigenvalue weighted by Gasteiger charge is 2.43. The summed E-state index contributed by atoms with van der Waals surface area (Å²) >= 11 is 0. The number of hydrogen-bond donors (Lipinski definition) is 1. The van der Waals surface area contributed by atoms with Gasteiger partial charge in [-0.3, -0.25) is 9.78 Å². The number of fused-ring (bicyclic) bond motifs is 1. The molecule has 1 amide bonds. The van der Waals surface area contributed by atoms with Gasteiger partial charge in [0, 0.05) is 26.4 Å². The Morgan fingerprint density at radius 2 is 1.90 bits per heavy atom. The van der Waals surface area contributed by atoms with Crippen LogP contribution in [0.1, 0.15) is 35.9 Å². The Balaban J connectivity index is 1.42. The van der Waals surface area contributed by atoms with Gasteiger partial charge in [0.2, 0.25) is 5.91 Å². The van der Waals surface area contributed by atoms with Crippen molar-refractivity contribution in [2.75, 3.05) is 25.1 Å². The van der Waals surface area contributed by atoms with Gasteiger partial charge in [-0.25, -0.2) is 14.6 Å². The van der Waals surface area contributed by atoms with Gasteiger partial charge in [-0.2, -0.15) is 5.10 Å². The van der Waals surface area contributed by atoms with Crippen LogP contribution in [-0.2, 0) is 16.1 Å². The van der Waals surface area contributed by atoms with Crippen molar-refractivity contribution in [3.05, 3.63) is 29.2 Å². The van der Waals surface area contributed by atoms with Crippen LogP contribution in [0.3, 0.4) is 0 Å². The van der Waals surface area contributed by atoms with Crippen LogP contribution in [-0.4, -0.2) is 63.0 Å². The number of carbonyl (C=O) groups excluding carboxylic acids is 1. The number of anilines is 1. The standard InChI is InChI=1S/C21H31N7O2/c1-12-8-22-13(2)21(23-12)27-9-16-6-18(19(30-5)7-17(16)10-27)25-20(29)11-28-15(4)24-14(3)26-28/h8,16-19H,6-7,9-11H2,1-5H3,(H,25,29)/t16-,17+,18-,19-/m0/s1. The maximum Gasteiger partial charge on any atom is 0.242 e. The van der Waals surface area contributed by atoms with Crippen molar-refractivity contribution in [2.24, 2.45) is 11.8 Å². The number of rotatable bonds is 5. The summed E-state index contributed by atoms with van der Waals surface area (Å²) in [6.07, 6.45) is 3.66. The van der Waals surface area contributed by atoms with Gasteiger partial charge in [-0.05, 0) is 52.4 Å². The molecule has 162 valence electrons. The first kappa shape index (κ1) is 20.7. The predicted molar refractivity (Wildman–Crippen MR) is 112 cm³/mol. The quantitative estimate of drug-likeness (QED) is 0.790. The SMILES string of the molecule is CO[C@H]1C[C@@H]2CN(c3nc(C)cnc3C)C[C@@H]2C[C@@H]1NC(=O)Cn1nc(C)nc1C. The number of nitrogens with zero attached hydrogens (tertiary/aromatic N) is 6. The molecule has 4 rings (SSSR count). The van der Waals surface area contributed by atoms with E-state index in [0.29, 0.717) is 17.7 Å². The lowest BCUT2D eigenvalue weighted by atomic mass is 9.77. The van der Waals surface area contributed by atoms with Crippen LogP contribution >= 0.6 is 0 Å². The zero-order valence-corrected chi connectivity index (χ0v) is 18.4. The average molecular weight is 414 g/mol. The van der Waals surface area contributed by atoms with Crippen molar-refractivity contribution in [1.82, 2.24) is 30.0 Å². The van der Waals surface area contributed by atoms with E-state index in [4.69, 9.17) is 9.72 Å². The second kappa shape index (κ2) is 8.29. The number of amides is 1. The van der Waals surface area contributed by atoms with Gasteiger partial charge in [0.1, 0.15) is 24.0 Å². The molecule has 0 unspecified atom stereocenters. The molecule has 1 N–H and O–H groups in total. The molecule has 2 aromatic rings. The fourth-order valence-electron chi connectivity index (χ4n) is 4.92. The molecule has 0 radical (unpaired) electrons. The van der Waals surface area contributed by atoms with Crippen LogP contribution < -0.4 is 10.2 Å². The third-order valence-corrected chi connectivity index (χ3v) is 6.37. The molecule has 3 heterocycles. The Morgan fingerprint density at radius 1 is 1.17 bits per heavy atom. The Labute approximate surface area is 177 Å². The molecule has 9 nitrogen and oxygen atoms in total. The molecule has 4 atom stereocenters. The molecule has 0 bridgehead atoms.